The van der Waals surface area contributed by atoms with E-state index in [-0.39, 0.29) is 10.3 Å². The number of alkyl halides is 3. The van der Waals surface area contributed by atoms with E-state index >= 15 is 0 Å². The minimum absolute atomic E-state index is 0.0665. The lowest BCUT2D eigenvalue weighted by atomic mass is 10.1. The first-order chi connectivity index (χ1) is 7.38. The van der Waals surface area contributed by atoms with Crippen LogP contribution in [-0.2, 0) is 6.18 Å². The first kappa shape index (κ1) is 11.5. The van der Waals surface area contributed by atoms with Gasteiger partial charge in [-0.25, -0.2) is 4.98 Å². The Kier molecular flexibility index (Phi) is 2.72. The highest BCUT2D eigenvalue weighted by molar-refractivity contribution is 6.36. The van der Waals surface area contributed by atoms with Crippen molar-refractivity contribution in [1.82, 2.24) is 4.98 Å². The number of aromatic nitrogens is 1. The van der Waals surface area contributed by atoms with E-state index in [2.05, 4.69) is 4.98 Å². The van der Waals surface area contributed by atoms with Crippen LogP contribution in [0.25, 0.3) is 10.8 Å². The Morgan fingerprint density at radius 3 is 2.38 bits per heavy atom. The van der Waals surface area contributed by atoms with Gasteiger partial charge in [-0.1, -0.05) is 29.3 Å². The molecule has 0 unspecified atom stereocenters. The van der Waals surface area contributed by atoms with E-state index in [4.69, 9.17) is 23.2 Å². The van der Waals surface area contributed by atoms with Crippen LogP contribution in [0.4, 0.5) is 13.2 Å². The van der Waals surface area contributed by atoms with Gasteiger partial charge in [-0.3, -0.25) is 0 Å². The Labute approximate surface area is 98.8 Å². The molecule has 16 heavy (non-hydrogen) atoms. The van der Waals surface area contributed by atoms with Crippen LogP contribution >= 0.6 is 23.2 Å². The summed E-state index contributed by atoms with van der Waals surface area (Å²) in [4.78, 5) is 3.74. The van der Waals surface area contributed by atoms with Crippen LogP contribution in [0.2, 0.25) is 10.3 Å². The number of nitrogens with zero attached hydrogens (tertiary/aromatic N) is 1. The second-order valence-corrected chi connectivity index (χ2v) is 3.91. The summed E-state index contributed by atoms with van der Waals surface area (Å²) in [5.74, 6) is 0. The molecule has 6 heteroatoms. The minimum Gasteiger partial charge on any atom is -0.224 e. The lowest BCUT2D eigenvalue weighted by Gasteiger charge is -2.08. The monoisotopic (exact) mass is 265 g/mol. The summed E-state index contributed by atoms with van der Waals surface area (Å²) in [6, 6.07) is 4.58. The number of hydrogen-bond donors (Lipinski definition) is 0. The molecule has 1 heterocycles. The molecule has 0 radical (unpaired) electrons. The molecule has 0 spiro atoms. The number of rotatable bonds is 0. The van der Waals surface area contributed by atoms with Crippen LogP contribution in [0.3, 0.4) is 0 Å². The average Bonchev–Trinajstić information content (AvgIpc) is 2.15. The van der Waals surface area contributed by atoms with Crippen molar-refractivity contribution in [1.29, 1.82) is 0 Å². The summed E-state index contributed by atoms with van der Waals surface area (Å²) >= 11 is 11.4. The molecular weight excluding hydrogens is 262 g/mol. The number of hydrogen-bond acceptors (Lipinski definition) is 1. The molecule has 0 amide bonds. The summed E-state index contributed by atoms with van der Waals surface area (Å²) in [5.41, 5.74) is -0.738. The maximum absolute atomic E-state index is 12.4. The van der Waals surface area contributed by atoms with Gasteiger partial charge < -0.3 is 0 Å². The van der Waals surface area contributed by atoms with Crippen molar-refractivity contribution < 1.29 is 13.2 Å². The van der Waals surface area contributed by atoms with Crippen molar-refractivity contribution in [2.24, 2.45) is 0 Å². The Balaban J connectivity index is 2.71. The average molecular weight is 266 g/mol. The van der Waals surface area contributed by atoms with Gasteiger partial charge in [0.15, 0.2) is 0 Å². The molecule has 1 aromatic carbocycles. The third-order valence-electron chi connectivity index (χ3n) is 2.08. The van der Waals surface area contributed by atoms with E-state index in [1.807, 2.05) is 0 Å². The molecule has 2 aromatic rings. The molecule has 0 N–H and O–H groups in total. The van der Waals surface area contributed by atoms with Crippen LogP contribution < -0.4 is 0 Å². The molecule has 0 saturated heterocycles. The maximum atomic E-state index is 12.4. The quantitative estimate of drug-likeness (QED) is 0.637. The maximum Gasteiger partial charge on any atom is 0.416 e. The highest BCUT2D eigenvalue weighted by Crippen LogP contribution is 2.33. The lowest BCUT2D eigenvalue weighted by molar-refractivity contribution is -0.137. The zero-order valence-electron chi connectivity index (χ0n) is 7.65. The first-order valence-electron chi connectivity index (χ1n) is 4.21. The highest BCUT2D eigenvalue weighted by Gasteiger charge is 2.30. The van der Waals surface area contributed by atoms with Gasteiger partial charge in [-0.2, -0.15) is 13.2 Å². The second kappa shape index (κ2) is 3.79. The Morgan fingerprint density at radius 1 is 1.06 bits per heavy atom. The fourth-order valence-corrected chi connectivity index (χ4v) is 1.87. The number of benzene rings is 1. The van der Waals surface area contributed by atoms with E-state index in [1.165, 1.54) is 12.1 Å². The molecule has 0 fully saturated rings. The van der Waals surface area contributed by atoms with E-state index < -0.39 is 11.7 Å². The summed E-state index contributed by atoms with van der Waals surface area (Å²) in [6.07, 6.45) is -4.38. The molecule has 0 aliphatic heterocycles. The molecular formula is C10H4Cl2F3N. The summed E-state index contributed by atoms with van der Waals surface area (Å²) in [6.45, 7) is 0. The fourth-order valence-electron chi connectivity index (χ4n) is 1.36. The van der Waals surface area contributed by atoms with Crippen LogP contribution in [0.15, 0.2) is 24.3 Å². The van der Waals surface area contributed by atoms with Crippen molar-refractivity contribution in [2.75, 3.05) is 0 Å². The lowest BCUT2D eigenvalue weighted by Crippen LogP contribution is -2.04. The SMILES string of the molecule is FC(F)(F)c1ccc2c(Cl)nc(Cl)cc2c1. The third kappa shape index (κ3) is 2.08. The normalized spacial score (nSPS) is 12.1. The minimum atomic E-state index is -4.38. The Morgan fingerprint density at radius 2 is 1.75 bits per heavy atom. The van der Waals surface area contributed by atoms with Gasteiger partial charge >= 0.3 is 6.18 Å². The second-order valence-electron chi connectivity index (χ2n) is 3.17. The van der Waals surface area contributed by atoms with Gasteiger partial charge in [0.25, 0.3) is 0 Å². The topological polar surface area (TPSA) is 12.9 Å². The first-order valence-corrected chi connectivity index (χ1v) is 4.96. The molecule has 0 aliphatic carbocycles. The van der Waals surface area contributed by atoms with Crippen LogP contribution in [-0.4, -0.2) is 4.98 Å². The predicted molar refractivity (Wildman–Crippen MR) is 56.8 cm³/mol. The van der Waals surface area contributed by atoms with Crippen LogP contribution in [0, 0.1) is 0 Å². The summed E-state index contributed by atoms with van der Waals surface area (Å²) in [5, 5.41) is 0.923. The fraction of sp³-hybridized carbons (Fsp3) is 0.100. The van der Waals surface area contributed by atoms with Crippen molar-refractivity contribution >= 4 is 34.0 Å². The van der Waals surface area contributed by atoms with E-state index in [0.717, 1.165) is 12.1 Å². The molecule has 0 aliphatic rings. The zero-order chi connectivity index (χ0) is 11.9. The molecule has 1 aromatic heterocycles. The van der Waals surface area contributed by atoms with Gasteiger partial charge in [-0.05, 0) is 23.6 Å². The van der Waals surface area contributed by atoms with Crippen molar-refractivity contribution in [3.05, 3.63) is 40.1 Å². The van der Waals surface area contributed by atoms with Gasteiger partial charge in [0, 0.05) is 5.39 Å². The Bertz CT molecular complexity index is 551. The van der Waals surface area contributed by atoms with Gasteiger partial charge in [0.2, 0.25) is 0 Å². The van der Waals surface area contributed by atoms with Crippen molar-refractivity contribution in [3.8, 4) is 0 Å². The number of halogens is 5. The molecule has 2 rings (SSSR count). The van der Waals surface area contributed by atoms with Crippen LogP contribution in [0.5, 0.6) is 0 Å². The predicted octanol–water partition coefficient (Wildman–Crippen LogP) is 4.56. The smallest absolute Gasteiger partial charge is 0.224 e. The summed E-state index contributed by atoms with van der Waals surface area (Å²) < 4.78 is 37.3. The molecule has 0 saturated carbocycles. The van der Waals surface area contributed by atoms with Gasteiger partial charge in [0.1, 0.15) is 10.3 Å². The Hall–Kier alpha value is -1.00. The van der Waals surface area contributed by atoms with E-state index in [0.29, 0.717) is 10.8 Å². The standard InChI is InChI=1S/C10H4Cl2F3N/c11-8-4-5-3-6(10(13,14)15)1-2-7(5)9(12)16-8/h1-4H. The number of pyridine rings is 1. The molecule has 1 nitrogen and oxygen atoms in total. The van der Waals surface area contributed by atoms with Gasteiger partial charge in [0.05, 0.1) is 5.56 Å². The number of fused-ring (bicyclic) bond motifs is 1. The van der Waals surface area contributed by atoms with Crippen LogP contribution in [0.1, 0.15) is 5.56 Å². The largest absolute Gasteiger partial charge is 0.416 e. The van der Waals surface area contributed by atoms with E-state index in [1.54, 1.807) is 0 Å². The summed E-state index contributed by atoms with van der Waals surface area (Å²) in [7, 11) is 0. The van der Waals surface area contributed by atoms with Gasteiger partial charge in [-0.15, -0.1) is 0 Å². The molecule has 84 valence electrons. The van der Waals surface area contributed by atoms with Crippen molar-refractivity contribution in [2.45, 2.75) is 6.18 Å². The molecule has 0 atom stereocenters. The zero-order valence-corrected chi connectivity index (χ0v) is 9.16. The van der Waals surface area contributed by atoms with E-state index in [9.17, 15) is 13.2 Å². The highest BCUT2D eigenvalue weighted by atomic mass is 35.5. The third-order valence-corrected chi connectivity index (χ3v) is 2.56. The molecule has 0 bridgehead atoms. The van der Waals surface area contributed by atoms with Crippen molar-refractivity contribution in [3.63, 3.8) is 0 Å².